The number of benzene rings is 2. The van der Waals surface area contributed by atoms with Gasteiger partial charge in [-0.25, -0.2) is 4.39 Å². The third-order valence-electron chi connectivity index (χ3n) is 3.93. The number of nitrogens with one attached hydrogen (secondary N) is 2. The van der Waals surface area contributed by atoms with Crippen molar-refractivity contribution in [1.29, 1.82) is 0 Å². The van der Waals surface area contributed by atoms with Gasteiger partial charge >= 0.3 is 0 Å². The van der Waals surface area contributed by atoms with Crippen LogP contribution < -0.4 is 10.9 Å². The molecule has 1 aromatic heterocycles. The van der Waals surface area contributed by atoms with Crippen LogP contribution in [-0.2, 0) is 17.0 Å². The highest BCUT2D eigenvalue weighted by molar-refractivity contribution is 7.98. The summed E-state index contributed by atoms with van der Waals surface area (Å²) in [6.07, 6.45) is 0.119. The number of rotatable bonds is 7. The minimum absolute atomic E-state index is 0.0354. The van der Waals surface area contributed by atoms with Gasteiger partial charge in [0, 0.05) is 22.3 Å². The highest BCUT2D eigenvalue weighted by Gasteiger charge is 2.18. The Morgan fingerprint density at radius 3 is 2.63 bits per heavy atom. The summed E-state index contributed by atoms with van der Waals surface area (Å²) in [5.41, 5.74) is 5.03. The van der Waals surface area contributed by atoms with Gasteiger partial charge in [-0.15, -0.1) is 23.1 Å². The molecule has 154 valence electrons. The topological polar surface area (TPSA) is 101 Å². The number of nitrogens with zero attached hydrogens (tertiary/aromatic N) is 1. The van der Waals surface area contributed by atoms with E-state index >= 15 is 0 Å². The summed E-state index contributed by atoms with van der Waals surface area (Å²) in [5, 5.41) is 13.3. The van der Waals surface area contributed by atoms with Crippen molar-refractivity contribution in [3.8, 4) is 0 Å². The standard InChI is InChI=1S/C20H16FN3O4S2/c21-15-4-1-3-13(9-15)12-30-18-7-6-14(10-17(18)24(27)28)20(26)23-22-19(25)11-16-5-2-8-29-16/h1-10H,11-12H2,(H,22,25)(H,23,26). The SMILES string of the molecule is O=C(Cc1cccs1)NNC(=O)c1ccc(SCc2cccc(F)c2)c([N+](=O)[O-])c1. The molecule has 0 atom stereocenters. The Hall–Kier alpha value is -3.24. The molecule has 0 aliphatic heterocycles. The number of nitro benzene ring substituents is 1. The van der Waals surface area contributed by atoms with Gasteiger partial charge in [0.05, 0.1) is 16.2 Å². The van der Waals surface area contributed by atoms with Crippen molar-refractivity contribution in [3.63, 3.8) is 0 Å². The maximum Gasteiger partial charge on any atom is 0.283 e. The van der Waals surface area contributed by atoms with Crippen molar-refractivity contribution in [2.45, 2.75) is 17.1 Å². The fourth-order valence-electron chi connectivity index (χ4n) is 2.53. The van der Waals surface area contributed by atoms with E-state index < -0.39 is 16.7 Å². The van der Waals surface area contributed by atoms with Gasteiger partial charge in [0.15, 0.2) is 0 Å². The monoisotopic (exact) mass is 445 g/mol. The molecule has 1 heterocycles. The Labute approximate surface area is 179 Å². The van der Waals surface area contributed by atoms with Gasteiger partial charge in [-0.1, -0.05) is 18.2 Å². The Kier molecular flexibility index (Phi) is 7.15. The quantitative estimate of drug-likeness (QED) is 0.324. The summed E-state index contributed by atoms with van der Waals surface area (Å²) in [6.45, 7) is 0. The van der Waals surface area contributed by atoms with Crippen molar-refractivity contribution in [1.82, 2.24) is 10.9 Å². The molecule has 0 aliphatic rings. The molecule has 3 rings (SSSR count). The van der Waals surface area contributed by atoms with E-state index in [2.05, 4.69) is 10.9 Å². The number of halogens is 1. The summed E-state index contributed by atoms with van der Waals surface area (Å²) in [6, 6.07) is 13.6. The number of hydrazine groups is 1. The summed E-state index contributed by atoms with van der Waals surface area (Å²) >= 11 is 2.59. The summed E-state index contributed by atoms with van der Waals surface area (Å²) in [4.78, 5) is 36.2. The molecule has 7 nitrogen and oxygen atoms in total. The van der Waals surface area contributed by atoms with Crippen LogP contribution in [0.25, 0.3) is 0 Å². The number of nitro groups is 1. The van der Waals surface area contributed by atoms with Crippen molar-refractivity contribution in [2.75, 3.05) is 0 Å². The minimum Gasteiger partial charge on any atom is -0.273 e. The molecular formula is C20H16FN3O4S2. The smallest absolute Gasteiger partial charge is 0.273 e. The third kappa shape index (κ3) is 5.88. The molecule has 0 saturated carbocycles. The van der Waals surface area contributed by atoms with Crippen LogP contribution in [0.1, 0.15) is 20.8 Å². The average molecular weight is 445 g/mol. The van der Waals surface area contributed by atoms with E-state index in [1.54, 1.807) is 18.2 Å². The third-order valence-corrected chi connectivity index (χ3v) is 5.94. The second-order valence-corrected chi connectivity index (χ2v) is 8.17. The van der Waals surface area contributed by atoms with E-state index in [0.717, 1.165) is 10.9 Å². The van der Waals surface area contributed by atoms with Crippen molar-refractivity contribution in [3.05, 3.63) is 91.9 Å². The molecule has 2 aromatic carbocycles. The second kappa shape index (κ2) is 9.99. The van der Waals surface area contributed by atoms with E-state index in [4.69, 9.17) is 0 Å². The van der Waals surface area contributed by atoms with Crippen molar-refractivity contribution < 1.29 is 18.9 Å². The fraction of sp³-hybridized carbons (Fsp3) is 0.100. The van der Waals surface area contributed by atoms with E-state index in [1.807, 2.05) is 11.4 Å². The predicted octanol–water partition coefficient (Wildman–Crippen LogP) is 4.09. The van der Waals surface area contributed by atoms with Crippen LogP contribution in [0.5, 0.6) is 0 Å². The number of hydrogen-bond donors (Lipinski definition) is 2. The zero-order valence-electron chi connectivity index (χ0n) is 15.5. The highest BCUT2D eigenvalue weighted by Crippen LogP contribution is 2.32. The van der Waals surface area contributed by atoms with E-state index in [1.165, 1.54) is 47.4 Å². The first kappa shape index (κ1) is 21.5. The molecule has 0 unspecified atom stereocenters. The summed E-state index contributed by atoms with van der Waals surface area (Å²) < 4.78 is 13.3. The lowest BCUT2D eigenvalue weighted by atomic mass is 10.2. The zero-order valence-corrected chi connectivity index (χ0v) is 17.1. The van der Waals surface area contributed by atoms with Gasteiger partial charge in [0.2, 0.25) is 5.91 Å². The minimum atomic E-state index is -0.667. The maximum atomic E-state index is 13.3. The normalized spacial score (nSPS) is 10.4. The van der Waals surface area contributed by atoms with Crippen LogP contribution in [-0.4, -0.2) is 16.7 Å². The molecule has 0 radical (unpaired) electrons. The molecule has 10 heteroatoms. The van der Waals surface area contributed by atoms with E-state index in [-0.39, 0.29) is 23.5 Å². The predicted molar refractivity (Wildman–Crippen MR) is 113 cm³/mol. The molecule has 0 bridgehead atoms. The molecule has 2 amide bonds. The molecule has 0 saturated heterocycles. The zero-order chi connectivity index (χ0) is 21.5. The van der Waals surface area contributed by atoms with Crippen LogP contribution in [0.4, 0.5) is 10.1 Å². The Morgan fingerprint density at radius 1 is 1.10 bits per heavy atom. The first-order chi connectivity index (χ1) is 14.4. The Bertz CT molecular complexity index is 1070. The highest BCUT2D eigenvalue weighted by atomic mass is 32.2. The van der Waals surface area contributed by atoms with Gasteiger partial charge in [0.1, 0.15) is 5.82 Å². The van der Waals surface area contributed by atoms with Crippen molar-refractivity contribution >= 4 is 40.6 Å². The molecule has 3 aromatic rings. The van der Waals surface area contributed by atoms with Crippen LogP contribution in [0, 0.1) is 15.9 Å². The molecule has 0 spiro atoms. The lowest BCUT2D eigenvalue weighted by Gasteiger charge is -2.08. The van der Waals surface area contributed by atoms with Gasteiger partial charge in [-0.05, 0) is 41.3 Å². The van der Waals surface area contributed by atoms with Crippen LogP contribution in [0.2, 0.25) is 0 Å². The van der Waals surface area contributed by atoms with Gasteiger partial charge in [-0.3, -0.25) is 30.6 Å². The maximum absolute atomic E-state index is 13.3. The molecular weight excluding hydrogens is 429 g/mol. The number of carbonyl (C=O) groups is 2. The van der Waals surface area contributed by atoms with Crippen LogP contribution in [0.3, 0.4) is 0 Å². The first-order valence-corrected chi connectivity index (χ1v) is 10.6. The number of carbonyl (C=O) groups excluding carboxylic acids is 2. The van der Waals surface area contributed by atoms with Crippen LogP contribution >= 0.6 is 23.1 Å². The average Bonchev–Trinajstić information content (AvgIpc) is 3.23. The first-order valence-electron chi connectivity index (χ1n) is 8.69. The number of hydrogen-bond acceptors (Lipinski definition) is 6. The Morgan fingerprint density at radius 2 is 1.93 bits per heavy atom. The molecule has 2 N–H and O–H groups in total. The number of amides is 2. The lowest BCUT2D eigenvalue weighted by molar-refractivity contribution is -0.387. The van der Waals surface area contributed by atoms with Gasteiger partial charge in [-0.2, -0.15) is 0 Å². The molecule has 0 fully saturated rings. The number of thiophene rings is 1. The van der Waals surface area contributed by atoms with Crippen LogP contribution in [0.15, 0.2) is 64.9 Å². The second-order valence-electron chi connectivity index (χ2n) is 6.12. The molecule has 30 heavy (non-hydrogen) atoms. The summed E-state index contributed by atoms with van der Waals surface area (Å²) in [5.74, 6) is -1.11. The Balaban J connectivity index is 1.64. The molecule has 0 aliphatic carbocycles. The van der Waals surface area contributed by atoms with Crippen molar-refractivity contribution in [2.24, 2.45) is 0 Å². The largest absolute Gasteiger partial charge is 0.283 e. The van der Waals surface area contributed by atoms with Gasteiger partial charge in [0.25, 0.3) is 11.6 Å². The van der Waals surface area contributed by atoms with E-state index in [0.29, 0.717) is 16.2 Å². The van der Waals surface area contributed by atoms with Gasteiger partial charge < -0.3 is 0 Å². The fourth-order valence-corrected chi connectivity index (χ4v) is 4.18. The summed E-state index contributed by atoms with van der Waals surface area (Å²) in [7, 11) is 0. The number of thioether (sulfide) groups is 1. The van der Waals surface area contributed by atoms with E-state index in [9.17, 15) is 24.1 Å². The lowest BCUT2D eigenvalue weighted by Crippen LogP contribution is -2.42.